The highest BCUT2D eigenvalue weighted by atomic mass is 16.5. The molecule has 23 heavy (non-hydrogen) atoms. The highest BCUT2D eigenvalue weighted by molar-refractivity contribution is 6.06. The van der Waals surface area contributed by atoms with Crippen molar-refractivity contribution >= 4 is 22.9 Å². The van der Waals surface area contributed by atoms with E-state index in [1.165, 1.54) is 7.11 Å². The molecule has 8 heteroatoms. The Balaban J connectivity index is 2.42. The van der Waals surface area contributed by atoms with Gasteiger partial charge in [0.2, 0.25) is 0 Å². The SMILES string of the molecule is COCC(NC(=O)c1cc(C)nc2c1cnn2C(C)C)C(=O)O. The van der Waals surface area contributed by atoms with E-state index in [1.807, 2.05) is 13.8 Å². The first-order valence-electron chi connectivity index (χ1n) is 7.22. The van der Waals surface area contributed by atoms with Crippen LogP contribution in [0.4, 0.5) is 0 Å². The molecule has 0 fully saturated rings. The number of ether oxygens (including phenoxy) is 1. The topological polar surface area (TPSA) is 106 Å². The summed E-state index contributed by atoms with van der Waals surface area (Å²) >= 11 is 0. The van der Waals surface area contributed by atoms with Gasteiger partial charge >= 0.3 is 5.97 Å². The van der Waals surface area contributed by atoms with Crippen LogP contribution in [0.2, 0.25) is 0 Å². The van der Waals surface area contributed by atoms with E-state index >= 15 is 0 Å². The molecule has 0 aliphatic heterocycles. The summed E-state index contributed by atoms with van der Waals surface area (Å²) < 4.78 is 6.55. The van der Waals surface area contributed by atoms with E-state index in [2.05, 4.69) is 15.4 Å². The van der Waals surface area contributed by atoms with Crippen LogP contribution in [-0.2, 0) is 9.53 Å². The zero-order valence-electron chi connectivity index (χ0n) is 13.5. The molecular formula is C15H20N4O4. The average Bonchev–Trinajstić information content (AvgIpc) is 2.89. The maximum absolute atomic E-state index is 12.5. The highest BCUT2D eigenvalue weighted by Crippen LogP contribution is 2.21. The number of nitrogens with zero attached hydrogens (tertiary/aromatic N) is 3. The van der Waals surface area contributed by atoms with E-state index in [-0.39, 0.29) is 12.6 Å². The summed E-state index contributed by atoms with van der Waals surface area (Å²) in [6, 6.07) is 0.601. The fraction of sp³-hybridized carbons (Fsp3) is 0.467. The number of pyridine rings is 1. The average molecular weight is 320 g/mol. The molecule has 2 rings (SSSR count). The quantitative estimate of drug-likeness (QED) is 0.827. The van der Waals surface area contributed by atoms with E-state index in [4.69, 9.17) is 9.84 Å². The lowest BCUT2D eigenvalue weighted by molar-refractivity contribution is -0.140. The van der Waals surface area contributed by atoms with E-state index in [0.717, 1.165) is 0 Å². The molecule has 1 atom stereocenters. The minimum Gasteiger partial charge on any atom is -0.480 e. The molecule has 1 unspecified atom stereocenters. The number of aryl methyl sites for hydroxylation is 1. The molecule has 0 aromatic carbocycles. The van der Waals surface area contributed by atoms with Gasteiger partial charge in [-0.05, 0) is 26.8 Å². The first kappa shape index (κ1) is 16.9. The molecule has 1 amide bonds. The second-order valence-corrected chi connectivity index (χ2v) is 5.55. The van der Waals surface area contributed by atoms with E-state index < -0.39 is 17.9 Å². The summed E-state index contributed by atoms with van der Waals surface area (Å²) in [5.41, 5.74) is 1.61. The molecule has 2 heterocycles. The summed E-state index contributed by atoms with van der Waals surface area (Å²) in [5.74, 6) is -1.65. The normalized spacial score (nSPS) is 12.6. The Morgan fingerprint density at radius 2 is 2.13 bits per heavy atom. The van der Waals surface area contributed by atoms with Crippen LogP contribution >= 0.6 is 0 Å². The summed E-state index contributed by atoms with van der Waals surface area (Å²) in [5, 5.41) is 16.4. The number of amides is 1. The molecule has 0 spiro atoms. The number of aliphatic carboxylic acids is 1. The highest BCUT2D eigenvalue weighted by Gasteiger charge is 2.23. The maximum Gasteiger partial charge on any atom is 0.328 e. The van der Waals surface area contributed by atoms with Crippen molar-refractivity contribution in [3.8, 4) is 0 Å². The second kappa shape index (κ2) is 6.74. The monoisotopic (exact) mass is 320 g/mol. The van der Waals surface area contributed by atoms with Crippen molar-refractivity contribution in [3.63, 3.8) is 0 Å². The van der Waals surface area contributed by atoms with Crippen molar-refractivity contribution in [3.05, 3.63) is 23.5 Å². The molecule has 8 nitrogen and oxygen atoms in total. The van der Waals surface area contributed by atoms with Crippen molar-refractivity contribution in [1.29, 1.82) is 0 Å². The number of hydrogen-bond acceptors (Lipinski definition) is 5. The lowest BCUT2D eigenvalue weighted by Crippen LogP contribution is -2.43. The van der Waals surface area contributed by atoms with E-state index in [0.29, 0.717) is 22.3 Å². The van der Waals surface area contributed by atoms with Gasteiger partial charge in [0.1, 0.15) is 0 Å². The first-order chi connectivity index (χ1) is 10.8. The number of carbonyl (C=O) groups is 2. The summed E-state index contributed by atoms with van der Waals surface area (Å²) in [4.78, 5) is 28.1. The molecular weight excluding hydrogens is 300 g/mol. The number of hydrogen-bond donors (Lipinski definition) is 2. The summed E-state index contributed by atoms with van der Waals surface area (Å²) in [6.45, 7) is 5.60. The Bertz CT molecular complexity index is 738. The van der Waals surface area contributed by atoms with Gasteiger partial charge in [-0.15, -0.1) is 0 Å². The number of methoxy groups -OCH3 is 1. The molecule has 0 radical (unpaired) electrons. The van der Waals surface area contributed by atoms with Gasteiger partial charge in [0, 0.05) is 18.8 Å². The zero-order chi connectivity index (χ0) is 17.1. The van der Waals surface area contributed by atoms with Crippen molar-refractivity contribution in [2.24, 2.45) is 0 Å². The molecule has 2 aromatic rings. The standard InChI is InChI=1S/C15H20N4O4/c1-8(2)19-13-11(6-16-19)10(5-9(3)17-13)14(20)18-12(7-23-4)15(21)22/h5-6,8,12H,7H2,1-4H3,(H,18,20)(H,21,22). The van der Waals surface area contributed by atoms with Gasteiger partial charge < -0.3 is 15.2 Å². The van der Waals surface area contributed by atoms with Gasteiger partial charge in [0.15, 0.2) is 11.7 Å². The predicted octanol–water partition coefficient (Wildman–Crippen LogP) is 1.15. The Morgan fingerprint density at radius 1 is 1.43 bits per heavy atom. The van der Waals surface area contributed by atoms with Gasteiger partial charge in [0.05, 0.1) is 23.8 Å². The molecule has 124 valence electrons. The van der Waals surface area contributed by atoms with Crippen molar-refractivity contribution < 1.29 is 19.4 Å². The van der Waals surface area contributed by atoms with Crippen LogP contribution in [0.1, 0.15) is 35.9 Å². The lowest BCUT2D eigenvalue weighted by atomic mass is 10.1. The van der Waals surface area contributed by atoms with Gasteiger partial charge in [0.25, 0.3) is 5.91 Å². The molecule has 2 aromatic heterocycles. The fourth-order valence-electron chi connectivity index (χ4n) is 2.29. The molecule has 0 aliphatic carbocycles. The van der Waals surface area contributed by atoms with Crippen LogP contribution < -0.4 is 5.32 Å². The number of carbonyl (C=O) groups excluding carboxylic acids is 1. The van der Waals surface area contributed by atoms with Crippen LogP contribution in [0, 0.1) is 6.92 Å². The summed E-state index contributed by atoms with van der Waals surface area (Å²) in [7, 11) is 1.38. The predicted molar refractivity (Wildman–Crippen MR) is 83.4 cm³/mol. The van der Waals surface area contributed by atoms with Gasteiger partial charge in [-0.1, -0.05) is 0 Å². The molecule has 2 N–H and O–H groups in total. The largest absolute Gasteiger partial charge is 0.480 e. The smallest absolute Gasteiger partial charge is 0.328 e. The van der Waals surface area contributed by atoms with Gasteiger partial charge in [-0.3, -0.25) is 4.79 Å². The maximum atomic E-state index is 12.5. The lowest BCUT2D eigenvalue weighted by Gasteiger charge is -2.14. The molecule has 0 saturated heterocycles. The number of aromatic nitrogens is 3. The first-order valence-corrected chi connectivity index (χ1v) is 7.22. The van der Waals surface area contributed by atoms with Crippen molar-refractivity contribution in [2.45, 2.75) is 32.9 Å². The van der Waals surface area contributed by atoms with Gasteiger partial charge in [-0.25, -0.2) is 14.5 Å². The van der Waals surface area contributed by atoms with Crippen molar-refractivity contribution in [2.75, 3.05) is 13.7 Å². The third-order valence-corrected chi connectivity index (χ3v) is 3.37. The zero-order valence-corrected chi connectivity index (χ0v) is 13.5. The number of fused-ring (bicyclic) bond motifs is 1. The third-order valence-electron chi connectivity index (χ3n) is 3.37. The minimum atomic E-state index is -1.15. The minimum absolute atomic E-state index is 0.0953. The van der Waals surface area contributed by atoms with Crippen LogP contribution in [0.15, 0.2) is 12.3 Å². The Labute approximate surface area is 133 Å². The van der Waals surface area contributed by atoms with Crippen LogP contribution in [0.25, 0.3) is 11.0 Å². The van der Waals surface area contributed by atoms with E-state index in [9.17, 15) is 9.59 Å². The van der Waals surface area contributed by atoms with Crippen molar-refractivity contribution in [1.82, 2.24) is 20.1 Å². The molecule has 0 saturated carbocycles. The van der Waals surface area contributed by atoms with Crippen LogP contribution in [0.3, 0.4) is 0 Å². The Morgan fingerprint density at radius 3 is 2.70 bits per heavy atom. The number of carboxylic acids is 1. The number of nitrogens with one attached hydrogen (secondary N) is 1. The molecule has 0 aliphatic rings. The Hall–Kier alpha value is -2.48. The van der Waals surface area contributed by atoms with Crippen LogP contribution in [0.5, 0.6) is 0 Å². The van der Waals surface area contributed by atoms with Crippen LogP contribution in [-0.4, -0.2) is 51.5 Å². The fourth-order valence-corrected chi connectivity index (χ4v) is 2.29. The number of carboxylic acid groups (broad SMARTS) is 1. The number of rotatable bonds is 6. The summed E-state index contributed by atoms with van der Waals surface area (Å²) in [6.07, 6.45) is 1.57. The third kappa shape index (κ3) is 3.48. The molecule has 0 bridgehead atoms. The van der Waals surface area contributed by atoms with Gasteiger partial charge in [-0.2, -0.15) is 5.10 Å². The Kier molecular flexibility index (Phi) is 4.95. The second-order valence-electron chi connectivity index (χ2n) is 5.55. The van der Waals surface area contributed by atoms with E-state index in [1.54, 1.807) is 23.9 Å².